The van der Waals surface area contributed by atoms with E-state index < -0.39 is 43.4 Å². The number of carbonyl (C=O) groups is 1. The van der Waals surface area contributed by atoms with Gasteiger partial charge in [-0.3, -0.25) is 0 Å². The molecular weight excluding hydrogens is 541 g/mol. The highest BCUT2D eigenvalue weighted by atomic mass is 79.9. The number of nitrogens with one attached hydrogen (secondary N) is 1. The molecule has 0 aliphatic heterocycles. The molecule has 3 saturated carbocycles. The van der Waals surface area contributed by atoms with E-state index in [1.807, 2.05) is 6.07 Å². The van der Waals surface area contributed by atoms with Crippen molar-refractivity contribution in [2.24, 2.45) is 0 Å². The summed E-state index contributed by atoms with van der Waals surface area (Å²) in [5.74, 6) is 0. The van der Waals surface area contributed by atoms with Crippen molar-refractivity contribution in [3.05, 3.63) is 28.2 Å². The standard InChI is InChI=1S/C17H20BrF3O3S.C5H6N2O2/c18-11-5-8-16(15(9-11)17(19,20)21)25(22,23)14-7-6-13(10-14)24-12-3-1-2-4-12;6-3-5(1-2-5)7-4(8)9/h5,8-9,12-14H,1-4,6-7,10H2;7H,1-2H2,(H,8,9)/t13-,14-;/m1./s1. The van der Waals surface area contributed by atoms with E-state index in [0.717, 1.165) is 37.8 Å². The molecule has 3 aliphatic rings. The third kappa shape index (κ3) is 6.64. The molecule has 2 N–H and O–H groups in total. The van der Waals surface area contributed by atoms with Crippen molar-refractivity contribution >= 4 is 31.9 Å². The SMILES string of the molecule is N#CC1(NC(=O)O)CC1.O=S(=O)(c1ccc(Br)cc1C(F)(F)F)[C@@H]1CC[C@@H](OC2CCCC2)C1. The van der Waals surface area contributed by atoms with Gasteiger partial charge in [-0.1, -0.05) is 28.8 Å². The number of nitrogens with zero attached hydrogens (tertiary/aromatic N) is 1. The Labute approximate surface area is 204 Å². The summed E-state index contributed by atoms with van der Waals surface area (Å²) >= 11 is 2.98. The smallest absolute Gasteiger partial charge is 0.417 e. The Morgan fingerprint density at radius 2 is 1.82 bits per heavy atom. The minimum Gasteiger partial charge on any atom is -0.465 e. The maximum atomic E-state index is 13.3. The number of halogens is 4. The lowest BCUT2D eigenvalue weighted by Gasteiger charge is -2.19. The van der Waals surface area contributed by atoms with E-state index in [-0.39, 0.29) is 23.1 Å². The average molecular weight is 567 g/mol. The average Bonchev–Trinajstić information content (AvgIpc) is 3.13. The van der Waals surface area contributed by atoms with Crippen LogP contribution in [0, 0.1) is 11.3 Å². The third-order valence-corrected chi connectivity index (χ3v) is 9.09. The maximum absolute atomic E-state index is 13.3. The highest BCUT2D eigenvalue weighted by Crippen LogP contribution is 2.40. The number of amides is 1. The molecule has 0 heterocycles. The molecule has 0 saturated heterocycles. The van der Waals surface area contributed by atoms with Gasteiger partial charge < -0.3 is 15.2 Å². The van der Waals surface area contributed by atoms with Crippen LogP contribution in [0.15, 0.2) is 27.6 Å². The fourth-order valence-corrected chi connectivity index (χ4v) is 6.72. The molecule has 2 atom stereocenters. The predicted octanol–water partition coefficient (Wildman–Crippen LogP) is 5.43. The van der Waals surface area contributed by atoms with E-state index in [9.17, 15) is 26.4 Å². The van der Waals surface area contributed by atoms with Gasteiger partial charge in [0.15, 0.2) is 9.84 Å². The summed E-state index contributed by atoms with van der Waals surface area (Å²) in [7, 11) is -4.06. The minimum absolute atomic E-state index is 0.171. The molecule has 3 aliphatic carbocycles. The number of ether oxygens (including phenoxy) is 1. The zero-order chi connectivity index (χ0) is 25.1. The molecule has 12 heteroatoms. The molecule has 1 amide bonds. The number of hydrogen-bond acceptors (Lipinski definition) is 5. The summed E-state index contributed by atoms with van der Waals surface area (Å²) < 4.78 is 71.7. The molecule has 0 aromatic heterocycles. The Morgan fingerprint density at radius 1 is 1.18 bits per heavy atom. The fourth-order valence-electron chi connectivity index (χ4n) is 4.35. The van der Waals surface area contributed by atoms with Gasteiger partial charge in [-0.15, -0.1) is 0 Å². The van der Waals surface area contributed by atoms with Crippen molar-refractivity contribution in [2.45, 2.75) is 91.9 Å². The first-order chi connectivity index (χ1) is 15.9. The second kappa shape index (κ2) is 10.4. The van der Waals surface area contributed by atoms with Crippen LogP contribution < -0.4 is 5.32 Å². The van der Waals surface area contributed by atoms with Gasteiger partial charge in [-0.2, -0.15) is 18.4 Å². The third-order valence-electron chi connectivity index (χ3n) is 6.33. The number of sulfone groups is 1. The minimum atomic E-state index is -4.72. The van der Waals surface area contributed by atoms with Gasteiger partial charge in [0.25, 0.3) is 0 Å². The highest BCUT2D eigenvalue weighted by Gasteiger charge is 2.45. The van der Waals surface area contributed by atoms with E-state index in [2.05, 4.69) is 21.2 Å². The number of benzene rings is 1. The lowest BCUT2D eigenvalue weighted by atomic mass is 10.2. The van der Waals surface area contributed by atoms with Crippen molar-refractivity contribution in [3.8, 4) is 6.07 Å². The van der Waals surface area contributed by atoms with Gasteiger partial charge in [-0.05, 0) is 63.1 Å². The highest BCUT2D eigenvalue weighted by molar-refractivity contribution is 9.10. The van der Waals surface area contributed by atoms with Crippen LogP contribution in [0.1, 0.15) is 63.4 Å². The maximum Gasteiger partial charge on any atom is 0.417 e. The van der Waals surface area contributed by atoms with Crippen molar-refractivity contribution in [3.63, 3.8) is 0 Å². The Morgan fingerprint density at radius 3 is 2.32 bits per heavy atom. The van der Waals surface area contributed by atoms with Crippen LogP contribution in [0.5, 0.6) is 0 Å². The summed E-state index contributed by atoms with van der Waals surface area (Å²) in [5, 5.41) is 17.8. The van der Waals surface area contributed by atoms with Crippen LogP contribution in [-0.4, -0.2) is 42.6 Å². The van der Waals surface area contributed by atoms with Gasteiger partial charge in [0, 0.05) is 4.47 Å². The largest absolute Gasteiger partial charge is 0.465 e. The van der Waals surface area contributed by atoms with Gasteiger partial charge >= 0.3 is 12.3 Å². The van der Waals surface area contributed by atoms with Crippen molar-refractivity contribution in [1.82, 2.24) is 5.32 Å². The lowest BCUT2D eigenvalue weighted by Crippen LogP contribution is -2.33. The first-order valence-corrected chi connectivity index (χ1v) is 13.4. The summed E-state index contributed by atoms with van der Waals surface area (Å²) in [6.45, 7) is 0. The van der Waals surface area contributed by atoms with Crippen LogP contribution >= 0.6 is 15.9 Å². The Hall–Kier alpha value is -1.84. The second-order valence-corrected chi connectivity index (χ2v) is 12.0. The molecule has 7 nitrogen and oxygen atoms in total. The summed E-state index contributed by atoms with van der Waals surface area (Å²) in [4.78, 5) is 9.32. The number of nitriles is 1. The van der Waals surface area contributed by atoms with E-state index in [4.69, 9.17) is 15.1 Å². The van der Waals surface area contributed by atoms with Crippen LogP contribution in [0.3, 0.4) is 0 Å². The Kier molecular flexibility index (Phi) is 8.20. The molecule has 0 radical (unpaired) electrons. The van der Waals surface area contributed by atoms with E-state index in [0.29, 0.717) is 25.7 Å². The number of alkyl halides is 3. The van der Waals surface area contributed by atoms with Crippen LogP contribution in [0.2, 0.25) is 0 Å². The van der Waals surface area contributed by atoms with Gasteiger partial charge in [0.2, 0.25) is 0 Å². The monoisotopic (exact) mass is 566 g/mol. The normalized spacial score (nSPS) is 24.1. The van der Waals surface area contributed by atoms with Crippen LogP contribution in [-0.2, 0) is 20.8 Å². The molecule has 3 fully saturated rings. The molecule has 1 aromatic rings. The first-order valence-electron chi connectivity index (χ1n) is 11.0. The van der Waals surface area contributed by atoms with Gasteiger partial charge in [0.05, 0.1) is 34.0 Å². The second-order valence-electron chi connectivity index (χ2n) is 8.91. The zero-order valence-electron chi connectivity index (χ0n) is 18.3. The Bertz CT molecular complexity index is 1050. The van der Waals surface area contributed by atoms with Crippen molar-refractivity contribution < 1.29 is 36.2 Å². The van der Waals surface area contributed by atoms with Gasteiger partial charge in [0.1, 0.15) is 5.54 Å². The zero-order valence-corrected chi connectivity index (χ0v) is 20.7. The van der Waals surface area contributed by atoms with Crippen LogP contribution in [0.4, 0.5) is 18.0 Å². The van der Waals surface area contributed by atoms with Gasteiger partial charge in [-0.25, -0.2) is 13.2 Å². The molecular formula is C22H26BrF3N2O5S. The summed E-state index contributed by atoms with van der Waals surface area (Å²) in [5.41, 5.74) is -1.84. The van der Waals surface area contributed by atoms with Crippen molar-refractivity contribution in [2.75, 3.05) is 0 Å². The molecule has 188 valence electrons. The molecule has 1 aromatic carbocycles. The number of carboxylic acid groups (broad SMARTS) is 1. The van der Waals surface area contributed by atoms with Crippen molar-refractivity contribution in [1.29, 1.82) is 5.26 Å². The summed E-state index contributed by atoms with van der Waals surface area (Å²) in [6, 6.07) is 5.11. The van der Waals surface area contributed by atoms with E-state index in [1.165, 1.54) is 6.07 Å². The number of hydrogen-bond donors (Lipinski definition) is 2. The van der Waals surface area contributed by atoms with E-state index in [1.54, 1.807) is 0 Å². The van der Waals surface area contributed by atoms with Crippen LogP contribution in [0.25, 0.3) is 0 Å². The quantitative estimate of drug-likeness (QED) is 0.490. The molecule has 34 heavy (non-hydrogen) atoms. The molecule has 4 rings (SSSR count). The topological polar surface area (TPSA) is 116 Å². The lowest BCUT2D eigenvalue weighted by molar-refractivity contribution is -0.139. The first kappa shape index (κ1) is 26.8. The fraction of sp³-hybridized carbons (Fsp3) is 0.636. The molecule has 0 spiro atoms. The summed E-state index contributed by atoms with van der Waals surface area (Å²) in [6.07, 6.45) is 0.859. The van der Waals surface area contributed by atoms with E-state index >= 15 is 0 Å². The predicted molar refractivity (Wildman–Crippen MR) is 120 cm³/mol. The molecule has 0 unspecified atom stereocenters. The Balaban J connectivity index is 0.000000302. The number of rotatable bonds is 5. The molecule has 0 bridgehead atoms.